The first-order valence-electron chi connectivity index (χ1n) is 6.33. The van der Waals surface area contributed by atoms with E-state index in [4.69, 9.17) is 16.3 Å². The third kappa shape index (κ3) is 3.01. The number of rotatable bonds is 2. The summed E-state index contributed by atoms with van der Waals surface area (Å²) in [6.07, 6.45) is 1.58. The van der Waals surface area contributed by atoms with Crippen LogP contribution in [0.1, 0.15) is 33.3 Å². The summed E-state index contributed by atoms with van der Waals surface area (Å²) >= 11 is 6.30. The number of nitrogens with zero attached hydrogens (tertiary/aromatic N) is 2. The van der Waals surface area contributed by atoms with E-state index in [1.165, 1.54) is 6.33 Å². The van der Waals surface area contributed by atoms with E-state index in [1.807, 2.05) is 6.92 Å². The Labute approximate surface area is 121 Å². The van der Waals surface area contributed by atoms with Crippen molar-refractivity contribution in [3.05, 3.63) is 16.9 Å². The Kier molecular flexibility index (Phi) is 3.85. The Balaban J connectivity index is 2.36. The molecule has 0 fully saturated rings. The van der Waals surface area contributed by atoms with Crippen LogP contribution < -0.4 is 5.32 Å². The van der Waals surface area contributed by atoms with Crippen LogP contribution in [0.15, 0.2) is 6.33 Å². The van der Waals surface area contributed by atoms with Gasteiger partial charge >= 0.3 is 6.09 Å². The average molecular weight is 297 g/mol. The van der Waals surface area contributed by atoms with Crippen LogP contribution in [0, 0.1) is 0 Å². The van der Waals surface area contributed by atoms with Crippen LogP contribution in [0.2, 0.25) is 5.02 Å². The van der Waals surface area contributed by atoms with Crippen LogP contribution in [0.5, 0.6) is 0 Å². The molecule has 0 radical (unpaired) electrons. The zero-order valence-corrected chi connectivity index (χ0v) is 12.6. The van der Waals surface area contributed by atoms with E-state index >= 15 is 0 Å². The van der Waals surface area contributed by atoms with Crippen molar-refractivity contribution in [3.63, 3.8) is 0 Å². The van der Waals surface area contributed by atoms with Gasteiger partial charge in [0.25, 0.3) is 0 Å². The van der Waals surface area contributed by atoms with Gasteiger partial charge in [0.15, 0.2) is 5.65 Å². The molecule has 6 nitrogen and oxygen atoms in total. The second kappa shape index (κ2) is 5.28. The van der Waals surface area contributed by atoms with E-state index in [2.05, 4.69) is 20.3 Å². The number of fused-ring (bicyclic) bond motifs is 1. The molecule has 0 aliphatic carbocycles. The second-order valence-corrected chi connectivity index (χ2v) is 5.71. The topological polar surface area (TPSA) is 79.9 Å². The molecule has 0 aliphatic rings. The molecule has 2 heterocycles. The maximum Gasteiger partial charge on any atom is 0.413 e. The van der Waals surface area contributed by atoms with E-state index in [1.54, 1.807) is 20.8 Å². The molecule has 0 saturated carbocycles. The standard InChI is InChI=1S/C13H17ClN4O2/c1-5-7-8(14)9-11(16-6-15-9)17-10(7)18-12(19)20-13(2,3)4/h6H,5H2,1-4H3,(H2,15,16,17,18,19). The van der Waals surface area contributed by atoms with Gasteiger partial charge in [0.2, 0.25) is 0 Å². The number of H-pyrrole nitrogens is 1. The number of halogens is 1. The molecule has 7 heteroatoms. The summed E-state index contributed by atoms with van der Waals surface area (Å²) < 4.78 is 5.21. The molecule has 20 heavy (non-hydrogen) atoms. The smallest absolute Gasteiger partial charge is 0.413 e. The van der Waals surface area contributed by atoms with Crippen LogP contribution >= 0.6 is 11.6 Å². The molecule has 2 aromatic heterocycles. The molecule has 0 bridgehead atoms. The van der Waals surface area contributed by atoms with Gasteiger partial charge in [-0.15, -0.1) is 0 Å². The van der Waals surface area contributed by atoms with Crippen LogP contribution in [0.4, 0.5) is 10.6 Å². The number of hydrogen-bond donors (Lipinski definition) is 2. The summed E-state index contributed by atoms with van der Waals surface area (Å²) in [5.74, 6) is 0.381. The Bertz CT molecular complexity index is 646. The normalized spacial score (nSPS) is 11.7. The highest BCUT2D eigenvalue weighted by Crippen LogP contribution is 2.29. The number of amides is 1. The third-order valence-electron chi connectivity index (χ3n) is 2.58. The summed E-state index contributed by atoms with van der Waals surface area (Å²) in [5, 5.41) is 3.15. The lowest BCUT2D eigenvalue weighted by Gasteiger charge is -2.20. The second-order valence-electron chi connectivity index (χ2n) is 5.33. The van der Waals surface area contributed by atoms with Gasteiger partial charge < -0.3 is 9.72 Å². The maximum atomic E-state index is 11.8. The van der Waals surface area contributed by atoms with Crippen molar-refractivity contribution in [3.8, 4) is 0 Å². The summed E-state index contributed by atoms with van der Waals surface area (Å²) in [6, 6.07) is 0. The van der Waals surface area contributed by atoms with Crippen molar-refractivity contribution in [1.29, 1.82) is 0 Å². The van der Waals surface area contributed by atoms with Crippen molar-refractivity contribution >= 4 is 34.7 Å². The Morgan fingerprint density at radius 2 is 2.20 bits per heavy atom. The van der Waals surface area contributed by atoms with Gasteiger partial charge in [0, 0.05) is 5.56 Å². The van der Waals surface area contributed by atoms with Gasteiger partial charge in [-0.05, 0) is 27.2 Å². The number of carbonyl (C=O) groups excluding carboxylic acids is 1. The lowest BCUT2D eigenvalue weighted by Crippen LogP contribution is -2.27. The van der Waals surface area contributed by atoms with Gasteiger partial charge in [0.05, 0.1) is 11.3 Å². The number of nitrogens with one attached hydrogen (secondary N) is 2. The number of anilines is 1. The molecule has 2 aromatic rings. The monoisotopic (exact) mass is 296 g/mol. The number of pyridine rings is 1. The molecule has 0 spiro atoms. The van der Waals surface area contributed by atoms with Crippen LogP contribution in [0.25, 0.3) is 11.2 Å². The number of imidazole rings is 1. The highest BCUT2D eigenvalue weighted by atomic mass is 35.5. The molecule has 0 unspecified atom stereocenters. The number of hydrogen-bond acceptors (Lipinski definition) is 4. The van der Waals surface area contributed by atoms with Crippen molar-refractivity contribution in [2.75, 3.05) is 5.32 Å². The van der Waals surface area contributed by atoms with Crippen LogP contribution in [-0.2, 0) is 11.2 Å². The van der Waals surface area contributed by atoms with Gasteiger partial charge in [-0.25, -0.2) is 14.8 Å². The van der Waals surface area contributed by atoms with Crippen LogP contribution in [-0.4, -0.2) is 26.6 Å². The molecular weight excluding hydrogens is 280 g/mol. The number of aromatic amines is 1. The van der Waals surface area contributed by atoms with Gasteiger partial charge in [0.1, 0.15) is 16.9 Å². The van der Waals surface area contributed by atoms with E-state index in [0.29, 0.717) is 28.4 Å². The van der Waals surface area contributed by atoms with Gasteiger partial charge in [-0.2, -0.15) is 0 Å². The van der Waals surface area contributed by atoms with E-state index in [0.717, 1.165) is 5.56 Å². The van der Waals surface area contributed by atoms with Crippen molar-refractivity contribution in [2.45, 2.75) is 39.7 Å². The van der Waals surface area contributed by atoms with E-state index in [9.17, 15) is 4.79 Å². The minimum atomic E-state index is -0.573. The van der Waals surface area contributed by atoms with Crippen molar-refractivity contribution in [1.82, 2.24) is 15.0 Å². The highest BCUT2D eigenvalue weighted by Gasteiger charge is 2.20. The highest BCUT2D eigenvalue weighted by molar-refractivity contribution is 6.36. The number of aromatic nitrogens is 3. The molecule has 1 amide bonds. The zero-order valence-electron chi connectivity index (χ0n) is 11.9. The predicted octanol–water partition coefficient (Wildman–Crippen LogP) is 3.52. The lowest BCUT2D eigenvalue weighted by molar-refractivity contribution is 0.0635. The number of carbonyl (C=O) groups is 1. The fourth-order valence-electron chi connectivity index (χ4n) is 1.79. The quantitative estimate of drug-likeness (QED) is 0.888. The first-order valence-corrected chi connectivity index (χ1v) is 6.71. The van der Waals surface area contributed by atoms with E-state index in [-0.39, 0.29) is 0 Å². The fraction of sp³-hybridized carbons (Fsp3) is 0.462. The first kappa shape index (κ1) is 14.6. The van der Waals surface area contributed by atoms with Crippen molar-refractivity contribution in [2.24, 2.45) is 0 Å². The zero-order chi connectivity index (χ0) is 14.9. The molecule has 0 aliphatic heterocycles. The molecule has 2 N–H and O–H groups in total. The number of ether oxygens (including phenoxy) is 1. The largest absolute Gasteiger partial charge is 0.444 e. The predicted molar refractivity (Wildman–Crippen MR) is 78.1 cm³/mol. The SMILES string of the molecule is CCc1c(NC(=O)OC(C)(C)C)nc2nc[nH]c2c1Cl. The molecule has 2 rings (SSSR count). The molecule has 108 valence electrons. The van der Waals surface area contributed by atoms with Crippen LogP contribution in [0.3, 0.4) is 0 Å². The minimum absolute atomic E-state index is 0.381. The summed E-state index contributed by atoms with van der Waals surface area (Å²) in [6.45, 7) is 7.32. The Morgan fingerprint density at radius 3 is 2.80 bits per heavy atom. The molecule has 0 aromatic carbocycles. The molecule has 0 atom stereocenters. The van der Waals surface area contributed by atoms with Gasteiger partial charge in [-0.1, -0.05) is 18.5 Å². The Hall–Kier alpha value is -1.82. The summed E-state index contributed by atoms with van der Waals surface area (Å²) in [7, 11) is 0. The first-order chi connectivity index (χ1) is 9.31. The molecule has 0 saturated heterocycles. The average Bonchev–Trinajstić information content (AvgIpc) is 2.75. The van der Waals surface area contributed by atoms with Crippen molar-refractivity contribution < 1.29 is 9.53 Å². The van der Waals surface area contributed by atoms with Gasteiger partial charge in [-0.3, -0.25) is 5.32 Å². The lowest BCUT2D eigenvalue weighted by atomic mass is 10.2. The summed E-state index contributed by atoms with van der Waals surface area (Å²) in [4.78, 5) is 23.1. The van der Waals surface area contributed by atoms with E-state index < -0.39 is 11.7 Å². The summed E-state index contributed by atoms with van der Waals surface area (Å²) in [5.41, 5.74) is 1.29. The fourth-order valence-corrected chi connectivity index (χ4v) is 2.15. The Morgan fingerprint density at radius 1 is 1.50 bits per heavy atom. The minimum Gasteiger partial charge on any atom is -0.444 e. The molecular formula is C13H17ClN4O2. The third-order valence-corrected chi connectivity index (χ3v) is 3.00. The maximum absolute atomic E-state index is 11.8.